The first-order valence-corrected chi connectivity index (χ1v) is 17.7. The van der Waals surface area contributed by atoms with Gasteiger partial charge in [0.05, 0.1) is 36.7 Å². The van der Waals surface area contributed by atoms with E-state index < -0.39 is 29.3 Å². The van der Waals surface area contributed by atoms with Gasteiger partial charge in [-0.1, -0.05) is 30.4 Å². The van der Waals surface area contributed by atoms with E-state index in [4.69, 9.17) is 23.9 Å². The Morgan fingerprint density at radius 1 is 1.06 bits per heavy atom. The van der Waals surface area contributed by atoms with Crippen molar-refractivity contribution in [1.29, 1.82) is 0 Å². The number of anilines is 1. The average Bonchev–Trinajstić information content (AvgIpc) is 3.55. The number of halogens is 2. The fraction of sp³-hybridized carbons (Fsp3) is 0.429. The van der Waals surface area contributed by atoms with E-state index >= 15 is 4.39 Å². The number of aryl methyl sites for hydroxylation is 1. The first-order valence-electron chi connectivity index (χ1n) is 17.7. The first-order chi connectivity index (χ1) is 24.6. The largest absolute Gasteiger partial charge is 0.487 e. The van der Waals surface area contributed by atoms with E-state index in [-0.39, 0.29) is 17.5 Å². The van der Waals surface area contributed by atoms with E-state index in [1.54, 1.807) is 18.2 Å². The molecule has 52 heavy (non-hydrogen) atoms. The normalized spacial score (nSPS) is 15.7. The summed E-state index contributed by atoms with van der Waals surface area (Å²) in [7, 11) is 1.37. The Morgan fingerprint density at radius 3 is 2.38 bits per heavy atom. The van der Waals surface area contributed by atoms with Crippen molar-refractivity contribution >= 4 is 17.4 Å². The Labute approximate surface area is 306 Å². The van der Waals surface area contributed by atoms with E-state index in [1.165, 1.54) is 13.2 Å². The number of ether oxygens (including phenoxy) is 4. The molecule has 3 heterocycles. The number of rotatable bonds is 13. The van der Waals surface area contributed by atoms with E-state index in [2.05, 4.69) is 25.0 Å². The van der Waals surface area contributed by atoms with Crippen LogP contribution in [0.1, 0.15) is 76.7 Å². The quantitative estimate of drug-likeness (QED) is 0.101. The summed E-state index contributed by atoms with van der Waals surface area (Å²) < 4.78 is 55.8. The zero-order valence-corrected chi connectivity index (χ0v) is 31.6. The molecule has 2 aromatic heterocycles. The summed E-state index contributed by atoms with van der Waals surface area (Å²) in [5.74, 6) is -1.22. The van der Waals surface area contributed by atoms with Gasteiger partial charge in [0.25, 0.3) is 0 Å². The highest BCUT2D eigenvalue weighted by Gasteiger charge is 2.38. The van der Waals surface area contributed by atoms with E-state index in [0.717, 1.165) is 41.4 Å². The average molecular weight is 716 g/mol. The van der Waals surface area contributed by atoms with Gasteiger partial charge in [-0.25, -0.2) is 18.6 Å². The lowest BCUT2D eigenvalue weighted by Gasteiger charge is -2.41. The molecule has 4 aromatic rings. The molecule has 10 heteroatoms. The van der Waals surface area contributed by atoms with Crippen molar-refractivity contribution in [2.45, 2.75) is 91.1 Å². The number of benzene rings is 2. The van der Waals surface area contributed by atoms with Crippen LogP contribution in [0.25, 0.3) is 28.0 Å². The van der Waals surface area contributed by atoms with E-state index in [1.807, 2.05) is 70.3 Å². The fourth-order valence-electron chi connectivity index (χ4n) is 6.76. The minimum atomic E-state index is -1.01. The van der Waals surface area contributed by atoms with Gasteiger partial charge in [-0.3, -0.25) is 4.40 Å². The third-order valence-electron chi connectivity index (χ3n) is 9.59. The second-order valence-electron chi connectivity index (χ2n) is 14.8. The number of esters is 1. The standard InChI is InChI=1S/C42H51F2N3O5/c1-11-14-26(3)51-36-32(23-31(43)24-33(36)44)29-15-13-16-30(22-29)34-25-47-38(45-34)28(5)27(4)35(37(40(48)49-10)52-41(6,7)8)39(47)46-19-17-42(9,18-20-46)50-21-12-2/h11-13,15-16,22-26,37H,1-2,14,17-21H2,3-10H3/t26-,37?/m0/s1. The highest BCUT2D eigenvalue weighted by Crippen LogP contribution is 2.42. The van der Waals surface area contributed by atoms with Gasteiger partial charge in [0.15, 0.2) is 17.7 Å². The van der Waals surface area contributed by atoms with Crippen LogP contribution in [0, 0.1) is 25.5 Å². The number of nitrogens with zero attached hydrogens (tertiary/aromatic N) is 3. The predicted molar refractivity (Wildman–Crippen MR) is 202 cm³/mol. The molecular weight excluding hydrogens is 664 g/mol. The van der Waals surface area contributed by atoms with Crippen molar-refractivity contribution in [2.75, 3.05) is 31.7 Å². The SMILES string of the molecule is C=CCOC1(C)CCN(c2c(C(OC(C)(C)C)C(=O)OC)c(C)c(C)c3nc(-c4cccc(-c5cc(F)cc(F)c5O[C@@H](C)CC=C)c4)cn23)CC1. The van der Waals surface area contributed by atoms with Crippen molar-refractivity contribution < 1.29 is 32.5 Å². The highest BCUT2D eigenvalue weighted by molar-refractivity contribution is 5.82. The molecule has 0 N–H and O–H groups in total. The van der Waals surface area contributed by atoms with Crippen molar-refractivity contribution in [2.24, 2.45) is 0 Å². The third kappa shape index (κ3) is 8.24. The Balaban J connectivity index is 1.69. The summed E-state index contributed by atoms with van der Waals surface area (Å²) in [6.45, 7) is 23.0. The minimum Gasteiger partial charge on any atom is -0.487 e. The lowest BCUT2D eigenvalue weighted by Crippen LogP contribution is -2.45. The topological polar surface area (TPSA) is 74.5 Å². The van der Waals surface area contributed by atoms with Crippen LogP contribution < -0.4 is 9.64 Å². The number of hydrogen-bond donors (Lipinski definition) is 0. The molecule has 1 fully saturated rings. The monoisotopic (exact) mass is 715 g/mol. The second kappa shape index (κ2) is 15.6. The molecule has 278 valence electrons. The summed E-state index contributed by atoms with van der Waals surface area (Å²) in [5, 5.41) is 0. The Bertz CT molecular complexity index is 1960. The van der Waals surface area contributed by atoms with E-state index in [0.29, 0.717) is 54.1 Å². The van der Waals surface area contributed by atoms with Crippen LogP contribution in [0.2, 0.25) is 0 Å². The molecule has 0 amide bonds. The molecule has 1 unspecified atom stereocenters. The Morgan fingerprint density at radius 2 is 1.75 bits per heavy atom. The molecule has 0 saturated carbocycles. The van der Waals surface area contributed by atoms with Crippen molar-refractivity contribution in [3.05, 3.63) is 96.2 Å². The fourth-order valence-corrected chi connectivity index (χ4v) is 6.76. The van der Waals surface area contributed by atoms with Gasteiger partial charge in [-0.05, 0) is 90.1 Å². The Kier molecular flexibility index (Phi) is 11.6. The van der Waals surface area contributed by atoms with Gasteiger partial charge in [0.1, 0.15) is 17.3 Å². The number of imidazole rings is 1. The van der Waals surface area contributed by atoms with E-state index in [9.17, 15) is 9.18 Å². The van der Waals surface area contributed by atoms with Crippen molar-refractivity contribution in [3.8, 4) is 28.1 Å². The van der Waals surface area contributed by atoms with Gasteiger partial charge in [-0.2, -0.15) is 0 Å². The van der Waals surface area contributed by atoms with Gasteiger partial charge in [0, 0.05) is 48.5 Å². The van der Waals surface area contributed by atoms with Gasteiger partial charge >= 0.3 is 5.97 Å². The number of fused-ring (bicyclic) bond motifs is 1. The molecule has 2 atom stereocenters. The lowest BCUT2D eigenvalue weighted by molar-refractivity contribution is -0.164. The van der Waals surface area contributed by atoms with Crippen LogP contribution in [0.4, 0.5) is 14.6 Å². The van der Waals surface area contributed by atoms with Crippen molar-refractivity contribution in [3.63, 3.8) is 0 Å². The molecule has 1 aliphatic heterocycles. The van der Waals surface area contributed by atoms with Crippen LogP contribution >= 0.6 is 0 Å². The summed E-state index contributed by atoms with van der Waals surface area (Å²) in [6.07, 6.45) is 6.03. The molecule has 0 aliphatic carbocycles. The number of pyridine rings is 1. The number of carbonyl (C=O) groups excluding carboxylic acids is 1. The maximum absolute atomic E-state index is 15.2. The van der Waals surface area contributed by atoms with Gasteiger partial charge in [-0.15, -0.1) is 13.2 Å². The lowest BCUT2D eigenvalue weighted by atomic mass is 9.92. The summed E-state index contributed by atoms with van der Waals surface area (Å²) >= 11 is 0. The molecule has 5 rings (SSSR count). The summed E-state index contributed by atoms with van der Waals surface area (Å²) in [5.41, 5.74) is 4.44. The number of aromatic nitrogens is 2. The van der Waals surface area contributed by atoms with Crippen LogP contribution in [0.5, 0.6) is 5.75 Å². The third-order valence-corrected chi connectivity index (χ3v) is 9.59. The zero-order valence-electron chi connectivity index (χ0n) is 31.6. The molecule has 0 bridgehead atoms. The Hall–Kier alpha value is -4.54. The number of piperidine rings is 1. The molecule has 0 radical (unpaired) electrons. The molecule has 1 saturated heterocycles. The van der Waals surface area contributed by atoms with Gasteiger partial charge < -0.3 is 23.8 Å². The molecule has 2 aromatic carbocycles. The minimum absolute atomic E-state index is 0.0248. The first kappa shape index (κ1) is 38.7. The molecule has 1 aliphatic rings. The van der Waals surface area contributed by atoms with Gasteiger partial charge in [0.2, 0.25) is 0 Å². The molecule has 0 spiro atoms. The number of carbonyl (C=O) groups is 1. The van der Waals surface area contributed by atoms with Crippen LogP contribution in [-0.2, 0) is 19.0 Å². The maximum atomic E-state index is 15.2. The summed E-state index contributed by atoms with van der Waals surface area (Å²) in [6, 6.07) is 9.50. The number of hydrogen-bond acceptors (Lipinski definition) is 7. The molecular formula is C42H51F2N3O5. The van der Waals surface area contributed by atoms with Crippen LogP contribution in [-0.4, -0.2) is 59.5 Å². The molecule has 8 nitrogen and oxygen atoms in total. The second-order valence-corrected chi connectivity index (χ2v) is 14.8. The van der Waals surface area contributed by atoms with Crippen LogP contribution in [0.15, 0.2) is 67.9 Å². The number of methoxy groups -OCH3 is 1. The maximum Gasteiger partial charge on any atom is 0.339 e. The summed E-state index contributed by atoms with van der Waals surface area (Å²) in [4.78, 5) is 20.9. The highest BCUT2D eigenvalue weighted by atomic mass is 19.1. The zero-order chi connectivity index (χ0) is 38.0. The smallest absolute Gasteiger partial charge is 0.339 e. The van der Waals surface area contributed by atoms with Crippen molar-refractivity contribution in [1.82, 2.24) is 9.38 Å². The van der Waals surface area contributed by atoms with Crippen LogP contribution in [0.3, 0.4) is 0 Å². The predicted octanol–water partition coefficient (Wildman–Crippen LogP) is 9.50.